The minimum absolute atomic E-state index is 0.278. The van der Waals surface area contributed by atoms with Gasteiger partial charge < -0.3 is 5.32 Å². The van der Waals surface area contributed by atoms with Crippen molar-refractivity contribution in [2.45, 2.75) is 57.4 Å². The van der Waals surface area contributed by atoms with Crippen LogP contribution in [-0.2, 0) is 0 Å². The Hall–Kier alpha value is -0.550. The molecule has 0 bridgehead atoms. The fourth-order valence-corrected chi connectivity index (χ4v) is 3.06. The van der Waals surface area contributed by atoms with Gasteiger partial charge in [0.25, 0.3) is 0 Å². The van der Waals surface area contributed by atoms with Gasteiger partial charge in [0.2, 0.25) is 0 Å². The standard InChI is InChI=1S/C13H22N2/c14-9-12-7-3-4-8-13(12)15-10-11-5-1-2-6-11/h11-13,15H,1-8,10H2. The lowest BCUT2D eigenvalue weighted by atomic mass is 9.85. The lowest BCUT2D eigenvalue weighted by Crippen LogP contribution is -2.40. The third-order valence-corrected chi connectivity index (χ3v) is 4.08. The maximum Gasteiger partial charge on any atom is 0.0672 e. The largest absolute Gasteiger partial charge is 0.312 e. The average molecular weight is 206 g/mol. The predicted octanol–water partition coefficient (Wildman–Crippen LogP) is 2.85. The van der Waals surface area contributed by atoms with Gasteiger partial charge >= 0.3 is 0 Å². The first-order valence-electron chi connectivity index (χ1n) is 6.53. The van der Waals surface area contributed by atoms with E-state index in [0.717, 1.165) is 18.9 Å². The van der Waals surface area contributed by atoms with Crippen LogP contribution in [0.4, 0.5) is 0 Å². The molecule has 2 atom stereocenters. The molecule has 0 aromatic heterocycles. The molecule has 0 spiro atoms. The van der Waals surface area contributed by atoms with Crippen LogP contribution in [0.5, 0.6) is 0 Å². The van der Waals surface area contributed by atoms with Gasteiger partial charge in [-0.1, -0.05) is 25.7 Å². The van der Waals surface area contributed by atoms with Gasteiger partial charge in [-0.25, -0.2) is 0 Å². The van der Waals surface area contributed by atoms with Crippen molar-refractivity contribution >= 4 is 0 Å². The molecule has 0 aromatic carbocycles. The molecule has 0 heterocycles. The SMILES string of the molecule is N#CC1CCCCC1NCC1CCCC1. The number of nitriles is 1. The molecule has 0 amide bonds. The smallest absolute Gasteiger partial charge is 0.0672 e. The van der Waals surface area contributed by atoms with Gasteiger partial charge in [-0.3, -0.25) is 0 Å². The van der Waals surface area contributed by atoms with E-state index in [9.17, 15) is 0 Å². The Morgan fingerprint density at radius 3 is 2.40 bits per heavy atom. The Morgan fingerprint density at radius 1 is 1.00 bits per heavy atom. The van der Waals surface area contributed by atoms with Crippen molar-refractivity contribution in [2.24, 2.45) is 11.8 Å². The topological polar surface area (TPSA) is 35.8 Å². The summed E-state index contributed by atoms with van der Waals surface area (Å²) in [5.41, 5.74) is 0. The zero-order chi connectivity index (χ0) is 10.5. The molecule has 1 N–H and O–H groups in total. The number of nitrogens with zero attached hydrogens (tertiary/aromatic N) is 1. The molecule has 2 nitrogen and oxygen atoms in total. The Labute approximate surface area is 93.0 Å². The van der Waals surface area contributed by atoms with Crippen LogP contribution in [0, 0.1) is 23.2 Å². The van der Waals surface area contributed by atoms with Gasteiger partial charge in [0.15, 0.2) is 0 Å². The van der Waals surface area contributed by atoms with Crippen LogP contribution in [0.1, 0.15) is 51.4 Å². The summed E-state index contributed by atoms with van der Waals surface area (Å²) in [5.74, 6) is 1.17. The second-order valence-electron chi connectivity index (χ2n) is 5.19. The Balaban J connectivity index is 1.74. The third-order valence-electron chi connectivity index (χ3n) is 4.08. The summed E-state index contributed by atoms with van der Waals surface area (Å²) >= 11 is 0. The molecule has 2 aliphatic rings. The average Bonchev–Trinajstić information content (AvgIpc) is 2.79. The quantitative estimate of drug-likeness (QED) is 0.770. The van der Waals surface area contributed by atoms with E-state index in [1.165, 1.54) is 44.9 Å². The molecule has 2 heteroatoms. The molecule has 2 fully saturated rings. The van der Waals surface area contributed by atoms with Gasteiger partial charge in [-0.05, 0) is 38.1 Å². The molecule has 0 aliphatic heterocycles. The first-order valence-corrected chi connectivity index (χ1v) is 6.53. The van der Waals surface area contributed by atoms with Crippen LogP contribution >= 0.6 is 0 Å². The van der Waals surface area contributed by atoms with Gasteiger partial charge in [0.05, 0.1) is 12.0 Å². The zero-order valence-corrected chi connectivity index (χ0v) is 9.54. The summed E-state index contributed by atoms with van der Waals surface area (Å²) in [7, 11) is 0. The third kappa shape index (κ3) is 2.95. The lowest BCUT2D eigenvalue weighted by molar-refractivity contribution is 0.296. The molecule has 2 rings (SSSR count). The predicted molar refractivity (Wildman–Crippen MR) is 61.3 cm³/mol. The highest BCUT2D eigenvalue weighted by Gasteiger charge is 2.25. The number of rotatable bonds is 3. The van der Waals surface area contributed by atoms with Crippen molar-refractivity contribution < 1.29 is 0 Å². The van der Waals surface area contributed by atoms with Gasteiger partial charge in [-0.2, -0.15) is 5.26 Å². The van der Waals surface area contributed by atoms with Crippen molar-refractivity contribution in [2.75, 3.05) is 6.54 Å². The van der Waals surface area contributed by atoms with Crippen molar-refractivity contribution in [3.05, 3.63) is 0 Å². The first-order chi connectivity index (χ1) is 7.40. The summed E-state index contributed by atoms with van der Waals surface area (Å²) in [5, 5.41) is 12.7. The molecule has 2 unspecified atom stereocenters. The molecule has 2 saturated carbocycles. The van der Waals surface area contributed by atoms with Crippen LogP contribution in [0.3, 0.4) is 0 Å². The second-order valence-corrected chi connectivity index (χ2v) is 5.19. The van der Waals surface area contributed by atoms with E-state index in [4.69, 9.17) is 5.26 Å². The van der Waals surface area contributed by atoms with Crippen molar-refractivity contribution in [3.63, 3.8) is 0 Å². The highest BCUT2D eigenvalue weighted by molar-refractivity contribution is 4.94. The van der Waals surface area contributed by atoms with E-state index < -0.39 is 0 Å². The lowest BCUT2D eigenvalue weighted by Gasteiger charge is -2.28. The number of hydrogen-bond acceptors (Lipinski definition) is 2. The van der Waals surface area contributed by atoms with Crippen LogP contribution in [0.25, 0.3) is 0 Å². The molecular weight excluding hydrogens is 184 g/mol. The van der Waals surface area contributed by atoms with Gasteiger partial charge in [-0.15, -0.1) is 0 Å². The van der Waals surface area contributed by atoms with Crippen LogP contribution < -0.4 is 5.32 Å². The molecule has 0 radical (unpaired) electrons. The highest BCUT2D eigenvalue weighted by atomic mass is 14.9. The minimum atomic E-state index is 0.278. The van der Waals surface area contributed by atoms with Crippen LogP contribution in [-0.4, -0.2) is 12.6 Å². The van der Waals surface area contributed by atoms with Crippen molar-refractivity contribution in [1.29, 1.82) is 5.26 Å². The summed E-state index contributed by atoms with van der Waals surface area (Å²) in [6.45, 7) is 1.16. The highest BCUT2D eigenvalue weighted by Crippen LogP contribution is 2.27. The monoisotopic (exact) mass is 206 g/mol. The van der Waals surface area contributed by atoms with Crippen LogP contribution in [0.15, 0.2) is 0 Å². The van der Waals surface area contributed by atoms with E-state index in [1.54, 1.807) is 0 Å². The fraction of sp³-hybridized carbons (Fsp3) is 0.923. The Morgan fingerprint density at radius 2 is 1.67 bits per heavy atom. The Bertz CT molecular complexity index is 225. The summed E-state index contributed by atoms with van der Waals surface area (Å²) < 4.78 is 0. The number of nitrogens with one attached hydrogen (secondary N) is 1. The maximum absolute atomic E-state index is 9.06. The first kappa shape index (κ1) is 11.0. The maximum atomic E-state index is 9.06. The summed E-state index contributed by atoms with van der Waals surface area (Å²) in [6.07, 6.45) is 10.5. The van der Waals surface area contributed by atoms with E-state index in [2.05, 4.69) is 11.4 Å². The Kier molecular flexibility index (Phi) is 4.02. The van der Waals surface area contributed by atoms with Gasteiger partial charge in [0.1, 0.15) is 0 Å². The molecule has 84 valence electrons. The number of hydrogen-bond donors (Lipinski definition) is 1. The van der Waals surface area contributed by atoms with E-state index >= 15 is 0 Å². The van der Waals surface area contributed by atoms with E-state index in [1.807, 2.05) is 0 Å². The summed E-state index contributed by atoms with van der Waals surface area (Å²) in [6, 6.07) is 2.96. The van der Waals surface area contributed by atoms with Crippen molar-refractivity contribution in [3.8, 4) is 6.07 Å². The van der Waals surface area contributed by atoms with E-state index in [0.29, 0.717) is 6.04 Å². The normalized spacial score (nSPS) is 32.7. The second kappa shape index (κ2) is 5.51. The minimum Gasteiger partial charge on any atom is -0.312 e. The molecule has 0 saturated heterocycles. The molecule has 15 heavy (non-hydrogen) atoms. The van der Waals surface area contributed by atoms with Gasteiger partial charge in [0, 0.05) is 6.04 Å². The van der Waals surface area contributed by atoms with Crippen LogP contribution in [0.2, 0.25) is 0 Å². The molecular formula is C13H22N2. The fourth-order valence-electron chi connectivity index (χ4n) is 3.06. The summed E-state index contributed by atoms with van der Waals surface area (Å²) in [4.78, 5) is 0. The van der Waals surface area contributed by atoms with E-state index in [-0.39, 0.29) is 5.92 Å². The molecule has 0 aromatic rings. The molecule has 2 aliphatic carbocycles. The van der Waals surface area contributed by atoms with Crippen molar-refractivity contribution in [1.82, 2.24) is 5.32 Å². The zero-order valence-electron chi connectivity index (χ0n) is 9.54.